The van der Waals surface area contributed by atoms with Crippen molar-refractivity contribution in [3.8, 4) is 5.75 Å². The van der Waals surface area contributed by atoms with E-state index in [1.54, 1.807) is 0 Å². The van der Waals surface area contributed by atoms with E-state index >= 15 is 0 Å². The Kier molecular flexibility index (Phi) is 3.59. The van der Waals surface area contributed by atoms with Crippen molar-refractivity contribution >= 4 is 15.9 Å². The molecule has 0 aliphatic rings. The molecule has 4 heteroatoms. The fraction of sp³-hybridized carbons (Fsp3) is 0.625. The Morgan fingerprint density at radius 1 is 1.58 bits per heavy atom. The number of ether oxygens (including phenoxy) is 1. The van der Waals surface area contributed by atoms with Gasteiger partial charge in [0.2, 0.25) is 0 Å². The zero-order chi connectivity index (χ0) is 8.97. The molecule has 0 aliphatic carbocycles. The zero-order valence-electron chi connectivity index (χ0n) is 7.35. The van der Waals surface area contributed by atoms with Crippen molar-refractivity contribution in [3.63, 3.8) is 0 Å². The van der Waals surface area contributed by atoms with Crippen molar-refractivity contribution in [2.75, 3.05) is 6.61 Å². The van der Waals surface area contributed by atoms with Gasteiger partial charge in [-0.15, -0.1) is 0 Å². The van der Waals surface area contributed by atoms with Gasteiger partial charge in [0.05, 0.1) is 12.3 Å². The van der Waals surface area contributed by atoms with Crippen LogP contribution in [0.1, 0.15) is 25.5 Å². The average molecular weight is 233 g/mol. The second-order valence-corrected chi connectivity index (χ2v) is 3.42. The molecule has 0 saturated heterocycles. The van der Waals surface area contributed by atoms with Crippen molar-refractivity contribution in [2.45, 2.75) is 26.7 Å². The van der Waals surface area contributed by atoms with Gasteiger partial charge < -0.3 is 4.74 Å². The van der Waals surface area contributed by atoms with E-state index in [0.717, 1.165) is 35.5 Å². The van der Waals surface area contributed by atoms with Gasteiger partial charge in [-0.05, 0) is 29.3 Å². The lowest BCUT2D eigenvalue weighted by molar-refractivity contribution is 0.305. The van der Waals surface area contributed by atoms with Crippen LogP contribution in [0, 0.1) is 6.92 Å². The summed E-state index contributed by atoms with van der Waals surface area (Å²) in [4.78, 5) is 0. The Balaban J connectivity index is 2.50. The third-order valence-corrected chi connectivity index (χ3v) is 2.13. The molecule has 0 saturated carbocycles. The highest BCUT2D eigenvalue weighted by Crippen LogP contribution is 2.25. The number of unbranched alkanes of at least 4 members (excludes halogenated alkanes) is 1. The number of nitrogens with zero attached hydrogens (tertiary/aromatic N) is 1. The Bertz CT molecular complexity index is 228. The molecule has 68 valence electrons. The SMILES string of the molecule is CCCCOc1c(Br)n[nH]c1C. The van der Waals surface area contributed by atoms with Gasteiger partial charge in [0, 0.05) is 0 Å². The molecule has 1 aromatic rings. The van der Waals surface area contributed by atoms with Crippen molar-refractivity contribution < 1.29 is 4.74 Å². The van der Waals surface area contributed by atoms with E-state index in [2.05, 4.69) is 33.1 Å². The standard InChI is InChI=1S/C8H13BrN2O/c1-3-4-5-12-7-6(2)10-11-8(7)9/h3-5H2,1-2H3,(H,10,11). The van der Waals surface area contributed by atoms with Gasteiger partial charge in [0.1, 0.15) is 0 Å². The Labute approximate surface area is 80.6 Å². The first-order chi connectivity index (χ1) is 5.75. The van der Waals surface area contributed by atoms with Crippen LogP contribution in [0.15, 0.2) is 4.60 Å². The number of aromatic amines is 1. The first-order valence-corrected chi connectivity index (χ1v) is 4.88. The lowest BCUT2D eigenvalue weighted by Gasteiger charge is -2.03. The monoisotopic (exact) mass is 232 g/mol. The number of aryl methyl sites for hydroxylation is 1. The summed E-state index contributed by atoms with van der Waals surface area (Å²) in [6.45, 7) is 4.84. The lowest BCUT2D eigenvalue weighted by atomic mass is 10.3. The normalized spacial score (nSPS) is 10.2. The predicted octanol–water partition coefficient (Wildman–Crippen LogP) is 2.66. The molecular formula is C8H13BrN2O. The minimum absolute atomic E-state index is 0.759. The quantitative estimate of drug-likeness (QED) is 0.812. The molecule has 0 spiro atoms. The second kappa shape index (κ2) is 4.50. The molecular weight excluding hydrogens is 220 g/mol. The summed E-state index contributed by atoms with van der Waals surface area (Å²) < 4.78 is 6.27. The van der Waals surface area contributed by atoms with Gasteiger partial charge in [-0.2, -0.15) is 5.10 Å². The molecule has 0 fully saturated rings. The van der Waals surface area contributed by atoms with Crippen molar-refractivity contribution in [1.82, 2.24) is 10.2 Å². The van der Waals surface area contributed by atoms with Crippen LogP contribution in [0.5, 0.6) is 5.75 Å². The van der Waals surface area contributed by atoms with Crippen LogP contribution in [-0.2, 0) is 0 Å². The van der Waals surface area contributed by atoms with Crippen LogP contribution >= 0.6 is 15.9 Å². The largest absolute Gasteiger partial charge is 0.489 e. The number of rotatable bonds is 4. The number of aromatic nitrogens is 2. The molecule has 0 bridgehead atoms. The van der Waals surface area contributed by atoms with Gasteiger partial charge >= 0.3 is 0 Å². The van der Waals surface area contributed by atoms with Crippen LogP contribution < -0.4 is 4.74 Å². The first-order valence-electron chi connectivity index (χ1n) is 4.09. The number of H-pyrrole nitrogens is 1. The minimum atomic E-state index is 0.759. The van der Waals surface area contributed by atoms with Crippen molar-refractivity contribution in [2.24, 2.45) is 0 Å². The number of halogens is 1. The highest BCUT2D eigenvalue weighted by molar-refractivity contribution is 9.10. The lowest BCUT2D eigenvalue weighted by Crippen LogP contribution is -1.97. The maximum atomic E-state index is 5.51. The van der Waals surface area contributed by atoms with E-state index in [9.17, 15) is 0 Å². The third-order valence-electron chi connectivity index (χ3n) is 1.59. The van der Waals surface area contributed by atoms with Crippen LogP contribution in [0.2, 0.25) is 0 Å². The van der Waals surface area contributed by atoms with Gasteiger partial charge in [0.25, 0.3) is 0 Å². The van der Waals surface area contributed by atoms with Crippen LogP contribution in [-0.4, -0.2) is 16.8 Å². The van der Waals surface area contributed by atoms with E-state index in [1.165, 1.54) is 0 Å². The maximum absolute atomic E-state index is 5.51. The average Bonchev–Trinajstić information content (AvgIpc) is 2.35. The highest BCUT2D eigenvalue weighted by atomic mass is 79.9. The third kappa shape index (κ3) is 2.24. The molecule has 1 N–H and O–H groups in total. The molecule has 0 aliphatic heterocycles. The number of hydrogen-bond acceptors (Lipinski definition) is 2. The van der Waals surface area contributed by atoms with Crippen LogP contribution in [0.3, 0.4) is 0 Å². The van der Waals surface area contributed by atoms with Crippen molar-refractivity contribution in [3.05, 3.63) is 10.3 Å². The smallest absolute Gasteiger partial charge is 0.174 e. The summed E-state index contributed by atoms with van der Waals surface area (Å²) in [6.07, 6.45) is 2.23. The summed E-state index contributed by atoms with van der Waals surface area (Å²) in [5.74, 6) is 0.837. The summed E-state index contributed by atoms with van der Waals surface area (Å²) in [5, 5.41) is 6.80. The van der Waals surface area contributed by atoms with Gasteiger partial charge in [-0.25, -0.2) is 0 Å². The molecule has 12 heavy (non-hydrogen) atoms. The molecule has 0 amide bonds. The Morgan fingerprint density at radius 3 is 2.83 bits per heavy atom. The summed E-state index contributed by atoms with van der Waals surface area (Å²) in [6, 6.07) is 0. The summed E-state index contributed by atoms with van der Waals surface area (Å²) in [5.41, 5.74) is 0.970. The van der Waals surface area contributed by atoms with Gasteiger partial charge in [-0.3, -0.25) is 5.10 Å². The minimum Gasteiger partial charge on any atom is -0.489 e. The topological polar surface area (TPSA) is 37.9 Å². The first kappa shape index (κ1) is 9.58. The van der Waals surface area contributed by atoms with Crippen molar-refractivity contribution in [1.29, 1.82) is 0 Å². The highest BCUT2D eigenvalue weighted by Gasteiger charge is 2.07. The molecule has 0 aromatic carbocycles. The Morgan fingerprint density at radius 2 is 2.33 bits per heavy atom. The van der Waals surface area contributed by atoms with E-state index in [-0.39, 0.29) is 0 Å². The van der Waals surface area contributed by atoms with Crippen LogP contribution in [0.25, 0.3) is 0 Å². The van der Waals surface area contributed by atoms with E-state index < -0.39 is 0 Å². The van der Waals surface area contributed by atoms with E-state index in [4.69, 9.17) is 4.74 Å². The summed E-state index contributed by atoms with van der Waals surface area (Å²) in [7, 11) is 0. The second-order valence-electron chi connectivity index (χ2n) is 2.67. The fourth-order valence-corrected chi connectivity index (χ4v) is 1.38. The molecule has 0 atom stereocenters. The predicted molar refractivity (Wildman–Crippen MR) is 51.4 cm³/mol. The van der Waals surface area contributed by atoms with Gasteiger partial charge in [-0.1, -0.05) is 13.3 Å². The van der Waals surface area contributed by atoms with E-state index in [0.29, 0.717) is 0 Å². The van der Waals surface area contributed by atoms with Gasteiger partial charge in [0.15, 0.2) is 10.4 Å². The molecule has 1 rings (SSSR count). The number of nitrogens with one attached hydrogen (secondary N) is 1. The molecule has 1 aromatic heterocycles. The summed E-state index contributed by atoms with van der Waals surface area (Å²) >= 11 is 3.30. The molecule has 0 unspecified atom stereocenters. The maximum Gasteiger partial charge on any atom is 0.174 e. The Hall–Kier alpha value is -0.510. The van der Waals surface area contributed by atoms with E-state index in [1.807, 2.05) is 6.92 Å². The molecule has 1 heterocycles. The number of hydrogen-bond donors (Lipinski definition) is 1. The fourth-order valence-electron chi connectivity index (χ4n) is 0.876. The molecule has 3 nitrogen and oxygen atoms in total. The zero-order valence-corrected chi connectivity index (χ0v) is 8.94. The van der Waals surface area contributed by atoms with Crippen LogP contribution in [0.4, 0.5) is 0 Å². The molecule has 0 radical (unpaired) electrons.